The summed E-state index contributed by atoms with van der Waals surface area (Å²) in [6, 6.07) is 16.0. The van der Waals surface area contributed by atoms with Crippen molar-refractivity contribution in [2.45, 2.75) is 52.2 Å². The van der Waals surface area contributed by atoms with Crippen molar-refractivity contribution in [3.05, 3.63) is 71.3 Å². The van der Waals surface area contributed by atoms with Crippen LogP contribution in [0.1, 0.15) is 50.7 Å². The van der Waals surface area contributed by atoms with Gasteiger partial charge in [-0.25, -0.2) is 9.59 Å². The molecule has 1 heterocycles. The molecule has 240 valence electrons. The van der Waals surface area contributed by atoms with E-state index < -0.39 is 18.2 Å². The third-order valence-electron chi connectivity index (χ3n) is 7.58. The molecule has 2 N–H and O–H groups in total. The van der Waals surface area contributed by atoms with Crippen molar-refractivity contribution >= 4 is 18.0 Å². The third-order valence-corrected chi connectivity index (χ3v) is 7.58. The number of carbonyl (C=O) groups is 2. The molecule has 45 heavy (non-hydrogen) atoms. The van der Waals surface area contributed by atoms with Gasteiger partial charge in [-0.15, -0.1) is 0 Å². The Morgan fingerprint density at radius 3 is 2.20 bits per heavy atom. The standard InChI is InChI=1S/C35H41NO9/c1-5-7-15-36(16-8-6-2)33(35(39)40)45-30-20-26(41-3)13-14-28(30)27-12-10-9-11-23(27)17-25(34(37)38)18-24-19-31-32(44-22-43-31)21-29(24)42-4/h9-14,17,19-21,33H,5-8,15-16,18,22H2,1-4H3,(H,37,38)(H,39,40). The summed E-state index contributed by atoms with van der Waals surface area (Å²) >= 11 is 0. The SMILES string of the molecule is CCCCN(CCCC)C(Oc1cc(OC)ccc1-c1ccccc1C=C(Cc1cc2c(cc1OC)OCO2)C(=O)O)C(=O)O. The number of hydrogen-bond donors (Lipinski definition) is 2. The average molecular weight is 620 g/mol. The quantitative estimate of drug-likeness (QED) is 0.128. The Bertz CT molecular complexity index is 1510. The number of unbranched alkanes of at least 4 members (excludes halogenated alkanes) is 2. The van der Waals surface area contributed by atoms with Crippen molar-refractivity contribution in [1.29, 1.82) is 0 Å². The Kier molecular flexibility index (Phi) is 11.7. The van der Waals surface area contributed by atoms with Crippen LogP contribution in [0.25, 0.3) is 17.2 Å². The summed E-state index contributed by atoms with van der Waals surface area (Å²) < 4.78 is 28.2. The fourth-order valence-corrected chi connectivity index (χ4v) is 5.16. The van der Waals surface area contributed by atoms with E-state index >= 15 is 0 Å². The van der Waals surface area contributed by atoms with Gasteiger partial charge in [0.05, 0.1) is 14.2 Å². The number of aliphatic carboxylic acids is 2. The molecule has 0 aliphatic carbocycles. The number of hydrogen-bond acceptors (Lipinski definition) is 8. The molecule has 0 fully saturated rings. The smallest absolute Gasteiger partial charge is 0.360 e. The van der Waals surface area contributed by atoms with Crippen LogP contribution in [0.15, 0.2) is 60.2 Å². The minimum Gasteiger partial charge on any atom is -0.497 e. The molecule has 0 bridgehead atoms. The molecule has 0 saturated carbocycles. The first-order valence-electron chi connectivity index (χ1n) is 15.1. The summed E-state index contributed by atoms with van der Waals surface area (Å²) in [7, 11) is 3.05. The summed E-state index contributed by atoms with van der Waals surface area (Å²) in [5, 5.41) is 20.5. The van der Waals surface area contributed by atoms with Crippen molar-refractivity contribution in [2.24, 2.45) is 0 Å². The minimum atomic E-state index is -1.22. The third kappa shape index (κ3) is 8.27. The number of rotatable bonds is 17. The van der Waals surface area contributed by atoms with Crippen LogP contribution in [0.4, 0.5) is 0 Å². The highest BCUT2D eigenvalue weighted by Crippen LogP contribution is 2.40. The second kappa shape index (κ2) is 15.9. The van der Waals surface area contributed by atoms with E-state index in [1.807, 2.05) is 29.2 Å². The Morgan fingerprint density at radius 2 is 1.58 bits per heavy atom. The number of benzene rings is 3. The number of ether oxygens (including phenoxy) is 5. The Morgan fingerprint density at radius 1 is 0.889 bits per heavy atom. The van der Waals surface area contributed by atoms with E-state index in [4.69, 9.17) is 23.7 Å². The molecule has 10 heteroatoms. The van der Waals surface area contributed by atoms with E-state index in [0.29, 0.717) is 64.1 Å². The van der Waals surface area contributed by atoms with Crippen molar-refractivity contribution in [3.63, 3.8) is 0 Å². The maximum Gasteiger partial charge on any atom is 0.360 e. The minimum absolute atomic E-state index is 0.0559. The molecule has 0 saturated heterocycles. The molecule has 3 aromatic carbocycles. The molecule has 0 amide bonds. The van der Waals surface area contributed by atoms with Gasteiger partial charge in [0.2, 0.25) is 6.79 Å². The summed E-state index contributed by atoms with van der Waals surface area (Å²) in [6.45, 7) is 5.37. The van der Waals surface area contributed by atoms with E-state index in [2.05, 4.69) is 13.8 Å². The lowest BCUT2D eigenvalue weighted by atomic mass is 9.95. The lowest BCUT2D eigenvalue weighted by molar-refractivity contribution is -0.154. The first kappa shape index (κ1) is 33.2. The predicted octanol–water partition coefficient (Wildman–Crippen LogP) is 6.50. The van der Waals surface area contributed by atoms with Gasteiger partial charge < -0.3 is 33.9 Å². The van der Waals surface area contributed by atoms with Crippen molar-refractivity contribution in [1.82, 2.24) is 4.90 Å². The van der Waals surface area contributed by atoms with Crippen molar-refractivity contribution in [2.75, 3.05) is 34.1 Å². The Hall–Kier alpha value is -4.70. The van der Waals surface area contributed by atoms with Gasteiger partial charge in [-0.1, -0.05) is 51.0 Å². The number of carboxylic acid groups (broad SMARTS) is 2. The van der Waals surface area contributed by atoms with Crippen LogP contribution in [0.3, 0.4) is 0 Å². The maximum atomic E-state index is 12.6. The van der Waals surface area contributed by atoms with Crippen LogP contribution in [0.5, 0.6) is 28.7 Å². The van der Waals surface area contributed by atoms with Gasteiger partial charge >= 0.3 is 11.9 Å². The molecule has 0 aromatic heterocycles. The zero-order chi connectivity index (χ0) is 32.3. The topological polar surface area (TPSA) is 124 Å². The lowest BCUT2D eigenvalue weighted by Crippen LogP contribution is -2.46. The van der Waals surface area contributed by atoms with Crippen molar-refractivity contribution in [3.8, 4) is 39.9 Å². The van der Waals surface area contributed by atoms with E-state index in [9.17, 15) is 19.8 Å². The molecule has 0 radical (unpaired) electrons. The first-order chi connectivity index (χ1) is 21.8. The summed E-state index contributed by atoms with van der Waals surface area (Å²) in [5.41, 5.74) is 2.63. The van der Waals surface area contributed by atoms with Crippen LogP contribution >= 0.6 is 0 Å². The van der Waals surface area contributed by atoms with Gasteiger partial charge in [-0.3, -0.25) is 4.90 Å². The fourth-order valence-electron chi connectivity index (χ4n) is 5.16. The molecule has 0 spiro atoms. The summed E-state index contributed by atoms with van der Waals surface area (Å²) in [4.78, 5) is 26.9. The molecule has 1 aliphatic rings. The van der Waals surface area contributed by atoms with Gasteiger partial charge in [0.15, 0.2) is 11.5 Å². The first-order valence-corrected chi connectivity index (χ1v) is 15.1. The Balaban J connectivity index is 1.76. The molecule has 4 rings (SSSR count). The van der Waals surface area contributed by atoms with E-state index in [0.717, 1.165) is 25.7 Å². The zero-order valence-electron chi connectivity index (χ0n) is 26.2. The average Bonchev–Trinajstić information content (AvgIpc) is 3.50. The molecular weight excluding hydrogens is 578 g/mol. The highest BCUT2D eigenvalue weighted by molar-refractivity contribution is 5.95. The van der Waals surface area contributed by atoms with Crippen LogP contribution in [-0.2, 0) is 16.0 Å². The van der Waals surface area contributed by atoms with Crippen molar-refractivity contribution < 1.29 is 43.5 Å². The number of methoxy groups -OCH3 is 2. The maximum absolute atomic E-state index is 12.6. The number of fused-ring (bicyclic) bond motifs is 1. The lowest BCUT2D eigenvalue weighted by Gasteiger charge is -2.30. The molecule has 10 nitrogen and oxygen atoms in total. The van der Waals surface area contributed by atoms with Crippen LogP contribution < -0.4 is 23.7 Å². The van der Waals surface area contributed by atoms with Crippen LogP contribution in [0.2, 0.25) is 0 Å². The highest BCUT2D eigenvalue weighted by Gasteiger charge is 2.29. The van der Waals surface area contributed by atoms with E-state index in [1.165, 1.54) is 14.2 Å². The van der Waals surface area contributed by atoms with Crippen LogP contribution in [-0.4, -0.2) is 67.4 Å². The fraction of sp³-hybridized carbons (Fsp3) is 0.371. The van der Waals surface area contributed by atoms with E-state index in [1.54, 1.807) is 36.4 Å². The largest absolute Gasteiger partial charge is 0.497 e. The predicted molar refractivity (Wildman–Crippen MR) is 170 cm³/mol. The second-order valence-corrected chi connectivity index (χ2v) is 10.7. The second-order valence-electron chi connectivity index (χ2n) is 10.7. The number of nitrogens with zero attached hydrogens (tertiary/aromatic N) is 1. The zero-order valence-corrected chi connectivity index (χ0v) is 26.2. The van der Waals surface area contributed by atoms with Gasteiger partial charge in [-0.05, 0) is 48.2 Å². The van der Waals surface area contributed by atoms with Crippen LogP contribution in [0, 0.1) is 0 Å². The normalized spacial score (nSPS) is 13.0. The highest BCUT2D eigenvalue weighted by atomic mass is 16.7. The molecule has 1 unspecified atom stereocenters. The molecule has 1 atom stereocenters. The number of carboxylic acids is 2. The summed E-state index contributed by atoms with van der Waals surface area (Å²) in [6.07, 6.45) is 3.96. The van der Waals surface area contributed by atoms with Gasteiger partial charge in [0.1, 0.15) is 17.2 Å². The van der Waals surface area contributed by atoms with E-state index in [-0.39, 0.29) is 18.8 Å². The monoisotopic (exact) mass is 619 g/mol. The summed E-state index contributed by atoms with van der Waals surface area (Å²) in [5.74, 6) is 0.183. The molecular formula is C35H41NO9. The van der Waals surface area contributed by atoms with Gasteiger partial charge in [0, 0.05) is 48.3 Å². The molecule has 1 aliphatic heterocycles. The van der Waals surface area contributed by atoms with Gasteiger partial charge in [-0.2, -0.15) is 0 Å². The van der Waals surface area contributed by atoms with Gasteiger partial charge in [0.25, 0.3) is 6.23 Å². The Labute approximate surface area is 263 Å². The molecule has 3 aromatic rings.